The van der Waals surface area contributed by atoms with Crippen LogP contribution in [0.15, 0.2) is 41.3 Å². The maximum Gasteiger partial charge on any atom is 0.280 e. The van der Waals surface area contributed by atoms with E-state index in [2.05, 4.69) is 15.0 Å². The van der Waals surface area contributed by atoms with E-state index in [1.165, 1.54) is 31.4 Å². The normalized spacial score (nSPS) is 11.6. The van der Waals surface area contributed by atoms with Crippen molar-refractivity contribution in [2.24, 2.45) is 0 Å². The highest BCUT2D eigenvalue weighted by atomic mass is 35.5. The van der Waals surface area contributed by atoms with Crippen molar-refractivity contribution in [2.45, 2.75) is 46.8 Å². The molecule has 0 aliphatic rings. The molecule has 38 heavy (non-hydrogen) atoms. The van der Waals surface area contributed by atoms with Crippen LogP contribution in [0, 0.1) is 38.2 Å². The van der Waals surface area contributed by atoms with Gasteiger partial charge in [0.2, 0.25) is 5.88 Å². The van der Waals surface area contributed by atoms with Gasteiger partial charge in [0.1, 0.15) is 35.4 Å². The van der Waals surface area contributed by atoms with E-state index in [4.69, 9.17) is 16.3 Å². The van der Waals surface area contributed by atoms with Crippen molar-refractivity contribution in [3.05, 3.63) is 97.7 Å². The molecule has 4 aromatic rings. The zero-order chi connectivity index (χ0) is 27.9. The van der Waals surface area contributed by atoms with Crippen LogP contribution in [-0.4, -0.2) is 24.6 Å². The van der Waals surface area contributed by atoms with Crippen molar-refractivity contribution in [2.75, 3.05) is 0 Å². The molecule has 2 aromatic heterocycles. The van der Waals surface area contributed by atoms with E-state index in [0.29, 0.717) is 16.8 Å². The number of hydrogen-bond donors (Lipinski definition) is 1. The predicted octanol–water partition coefficient (Wildman–Crippen LogP) is 5.49. The first-order valence-electron chi connectivity index (χ1n) is 11.5. The van der Waals surface area contributed by atoms with Gasteiger partial charge in [0.05, 0.1) is 11.9 Å². The molecule has 0 aliphatic heterocycles. The van der Waals surface area contributed by atoms with Crippen molar-refractivity contribution in [3.63, 3.8) is 0 Å². The monoisotopic (exact) mass is 544 g/mol. The number of aliphatic hydroxyl groups is 1. The third-order valence-electron chi connectivity index (χ3n) is 5.95. The molecule has 0 aliphatic carbocycles. The highest BCUT2D eigenvalue weighted by Gasteiger charge is 2.23. The van der Waals surface area contributed by atoms with E-state index in [1.807, 2.05) is 0 Å². The van der Waals surface area contributed by atoms with Crippen molar-refractivity contribution >= 4 is 11.6 Å². The summed E-state index contributed by atoms with van der Waals surface area (Å²) in [5.74, 6) is -2.13. The van der Waals surface area contributed by atoms with Gasteiger partial charge in [-0.2, -0.15) is 4.98 Å². The average Bonchev–Trinajstić information content (AvgIpc) is 2.85. The summed E-state index contributed by atoms with van der Waals surface area (Å²) < 4.78 is 49.4. The molecule has 0 radical (unpaired) electrons. The first kappa shape index (κ1) is 27.3. The maximum atomic E-state index is 14.7. The summed E-state index contributed by atoms with van der Waals surface area (Å²) in [6, 6.07) is 7.23. The molecule has 7 nitrogen and oxygen atoms in total. The minimum absolute atomic E-state index is 0.0309. The first-order chi connectivity index (χ1) is 17.8. The molecule has 0 bridgehead atoms. The molecule has 0 saturated carbocycles. The van der Waals surface area contributed by atoms with Crippen molar-refractivity contribution in [3.8, 4) is 22.8 Å². The fourth-order valence-corrected chi connectivity index (χ4v) is 3.98. The van der Waals surface area contributed by atoms with Gasteiger partial charge in [0, 0.05) is 16.7 Å². The lowest BCUT2D eigenvalue weighted by atomic mass is 10.1. The van der Waals surface area contributed by atoms with Gasteiger partial charge in [-0.3, -0.25) is 9.36 Å². The highest BCUT2D eigenvalue weighted by molar-refractivity contribution is 6.31. The van der Waals surface area contributed by atoms with Crippen molar-refractivity contribution in [1.29, 1.82) is 0 Å². The molecule has 0 unspecified atom stereocenters. The zero-order valence-electron chi connectivity index (χ0n) is 21.2. The zero-order valence-corrected chi connectivity index (χ0v) is 22.0. The SMILES string of the molecule is Cc1ccc(-c2nc(C(C)(C)O)ncc2F)cc1-n1c(C)nc(OCc2ccc(F)c(C)c2F)c(Cl)c1=O. The molecule has 4 rings (SSSR count). The Balaban J connectivity index is 1.75. The molecular formula is C27H24ClF3N4O3. The third-order valence-corrected chi connectivity index (χ3v) is 6.27. The quantitative estimate of drug-likeness (QED) is 0.345. The van der Waals surface area contributed by atoms with Gasteiger partial charge in [-0.15, -0.1) is 0 Å². The Hall–Kier alpha value is -3.76. The number of aromatic nitrogens is 4. The minimum Gasteiger partial charge on any atom is -0.471 e. The van der Waals surface area contributed by atoms with Crippen LogP contribution in [-0.2, 0) is 12.2 Å². The highest BCUT2D eigenvalue weighted by Crippen LogP contribution is 2.29. The summed E-state index contributed by atoms with van der Waals surface area (Å²) in [6.07, 6.45) is 0.975. The van der Waals surface area contributed by atoms with Crippen LogP contribution in [0.25, 0.3) is 16.9 Å². The van der Waals surface area contributed by atoms with Crippen molar-refractivity contribution in [1.82, 2.24) is 19.5 Å². The average molecular weight is 545 g/mol. The lowest BCUT2D eigenvalue weighted by Gasteiger charge is -2.18. The molecular weight excluding hydrogens is 521 g/mol. The Morgan fingerprint density at radius 1 is 1.05 bits per heavy atom. The summed E-state index contributed by atoms with van der Waals surface area (Å²) in [5.41, 5.74) is -0.829. The van der Waals surface area contributed by atoms with Gasteiger partial charge < -0.3 is 9.84 Å². The van der Waals surface area contributed by atoms with Gasteiger partial charge in [-0.1, -0.05) is 23.7 Å². The van der Waals surface area contributed by atoms with Crippen LogP contribution in [0.4, 0.5) is 13.2 Å². The summed E-state index contributed by atoms with van der Waals surface area (Å²) in [6.45, 7) is 7.25. The summed E-state index contributed by atoms with van der Waals surface area (Å²) in [5, 5.41) is 9.90. The van der Waals surface area contributed by atoms with E-state index < -0.39 is 28.6 Å². The van der Waals surface area contributed by atoms with Crippen LogP contribution in [0.5, 0.6) is 5.88 Å². The van der Waals surface area contributed by atoms with Crippen LogP contribution >= 0.6 is 11.6 Å². The van der Waals surface area contributed by atoms with Gasteiger partial charge in [-0.05, 0) is 58.4 Å². The maximum absolute atomic E-state index is 14.7. The Kier molecular flexibility index (Phi) is 7.31. The van der Waals surface area contributed by atoms with Crippen LogP contribution in [0.2, 0.25) is 5.02 Å². The van der Waals surface area contributed by atoms with E-state index in [1.54, 1.807) is 32.0 Å². The molecule has 0 atom stereocenters. The predicted molar refractivity (Wildman–Crippen MR) is 136 cm³/mol. The van der Waals surface area contributed by atoms with E-state index >= 15 is 0 Å². The minimum atomic E-state index is -1.40. The Morgan fingerprint density at radius 2 is 1.76 bits per heavy atom. The molecule has 198 valence electrons. The second-order valence-corrected chi connectivity index (χ2v) is 9.68. The van der Waals surface area contributed by atoms with Gasteiger partial charge >= 0.3 is 0 Å². The number of ether oxygens (including phenoxy) is 1. The first-order valence-corrected chi connectivity index (χ1v) is 11.9. The lowest BCUT2D eigenvalue weighted by Crippen LogP contribution is -2.24. The molecule has 0 amide bonds. The van der Waals surface area contributed by atoms with Gasteiger partial charge in [-0.25, -0.2) is 23.1 Å². The van der Waals surface area contributed by atoms with Crippen LogP contribution in [0.3, 0.4) is 0 Å². The Labute approximate surface area is 221 Å². The summed E-state index contributed by atoms with van der Waals surface area (Å²) >= 11 is 6.31. The fraction of sp³-hybridized carbons (Fsp3) is 0.259. The smallest absolute Gasteiger partial charge is 0.280 e. The molecule has 0 spiro atoms. The number of hydrogen-bond acceptors (Lipinski definition) is 6. The number of rotatable bonds is 6. The van der Waals surface area contributed by atoms with Crippen molar-refractivity contribution < 1.29 is 23.0 Å². The molecule has 0 fully saturated rings. The number of benzene rings is 2. The third kappa shape index (κ3) is 5.14. The molecule has 0 saturated heterocycles. The fourth-order valence-electron chi connectivity index (χ4n) is 3.80. The summed E-state index contributed by atoms with van der Waals surface area (Å²) in [7, 11) is 0. The topological polar surface area (TPSA) is 90.1 Å². The summed E-state index contributed by atoms with van der Waals surface area (Å²) in [4.78, 5) is 25.6. The number of halogens is 4. The molecule has 1 N–H and O–H groups in total. The van der Waals surface area contributed by atoms with Gasteiger partial charge in [0.25, 0.3) is 5.56 Å². The Morgan fingerprint density at radius 3 is 2.45 bits per heavy atom. The number of nitrogens with zero attached hydrogens (tertiary/aromatic N) is 4. The second-order valence-electron chi connectivity index (χ2n) is 9.30. The Bertz CT molecular complexity index is 1620. The van der Waals surface area contributed by atoms with Crippen LogP contribution < -0.4 is 10.3 Å². The van der Waals surface area contributed by atoms with Crippen LogP contribution in [0.1, 0.15) is 42.2 Å². The molecule has 2 aromatic carbocycles. The van der Waals surface area contributed by atoms with Gasteiger partial charge in [0.15, 0.2) is 16.7 Å². The number of aryl methyl sites for hydroxylation is 2. The molecule has 11 heteroatoms. The van der Waals surface area contributed by atoms with E-state index in [9.17, 15) is 23.1 Å². The molecule has 2 heterocycles. The largest absolute Gasteiger partial charge is 0.471 e. The standard InChI is InChI=1S/C27H24ClF3N4O3/c1-13-6-7-16(23-19(30)11-32-26(34-23)27(4,5)37)10-20(13)35-15(3)33-24(21(28)25(35)36)38-12-17-8-9-18(29)14(2)22(17)31/h6-11,37H,12H2,1-5H3. The second kappa shape index (κ2) is 10.2. The van der Waals surface area contributed by atoms with E-state index in [-0.39, 0.29) is 46.0 Å². The van der Waals surface area contributed by atoms with E-state index in [0.717, 1.165) is 12.3 Å². The lowest BCUT2D eigenvalue weighted by molar-refractivity contribution is 0.0686.